The third kappa shape index (κ3) is 8.72. The number of nitrogens with one attached hydrogen (secondary N) is 1. The minimum Gasteiger partial charge on any atom is -0.338 e. The maximum atomic E-state index is 13.5. The predicted molar refractivity (Wildman–Crippen MR) is 189 cm³/mol. The lowest BCUT2D eigenvalue weighted by Crippen LogP contribution is -2.49. The van der Waals surface area contributed by atoms with Crippen LogP contribution in [0.4, 0.5) is 17.3 Å². The van der Waals surface area contributed by atoms with Crippen molar-refractivity contribution in [3.05, 3.63) is 71.0 Å². The Morgan fingerprint density at radius 2 is 1.67 bits per heavy atom. The number of hydrogen-bond donors (Lipinski definition) is 2. The van der Waals surface area contributed by atoms with Crippen LogP contribution in [-0.4, -0.2) is 101 Å². The molecule has 5 rings (SSSR count). The highest BCUT2D eigenvalue weighted by Gasteiger charge is 2.30. The molecule has 3 heterocycles. The molecule has 48 heavy (non-hydrogen) atoms. The number of piperazine rings is 1. The topological polar surface area (TPSA) is 186 Å². The van der Waals surface area contributed by atoms with Crippen LogP contribution in [0.5, 0.6) is 0 Å². The molecule has 0 radical (unpaired) electrons. The maximum Gasteiger partial charge on any atom is 0.257 e. The molecule has 0 bridgehead atoms. The zero-order valence-corrected chi connectivity index (χ0v) is 30.0. The maximum absolute atomic E-state index is 13.5. The first-order chi connectivity index (χ1) is 21.8. The molecule has 2 aliphatic rings. The van der Waals surface area contributed by atoms with Crippen LogP contribution in [0.2, 0.25) is 0 Å². The number of halogens is 2. The van der Waals surface area contributed by atoms with Crippen molar-refractivity contribution in [1.82, 2.24) is 19.2 Å². The molecule has 2 aromatic carbocycles. The number of anilines is 3. The summed E-state index contributed by atoms with van der Waals surface area (Å²) < 4.78 is 54.0. The van der Waals surface area contributed by atoms with Crippen LogP contribution >= 0.6 is 24.8 Å². The first-order valence-electron chi connectivity index (χ1n) is 14.7. The summed E-state index contributed by atoms with van der Waals surface area (Å²) in [7, 11) is -6.08. The van der Waals surface area contributed by atoms with Gasteiger partial charge in [-0.05, 0) is 67.4 Å². The van der Waals surface area contributed by atoms with Gasteiger partial charge in [0.2, 0.25) is 26.0 Å². The molecule has 260 valence electrons. The number of nitrogens with two attached hydrogens (primary N) is 1. The number of benzene rings is 2. The molecule has 0 unspecified atom stereocenters. The van der Waals surface area contributed by atoms with Crippen molar-refractivity contribution in [3.8, 4) is 6.07 Å². The number of nitriles is 1. The van der Waals surface area contributed by atoms with Gasteiger partial charge in [-0.1, -0.05) is 6.07 Å². The largest absolute Gasteiger partial charge is 0.338 e. The lowest BCUT2D eigenvalue weighted by molar-refractivity contribution is 0.0976. The number of hydrogen-bond acceptors (Lipinski definition) is 11. The molecule has 1 amide bonds. The summed E-state index contributed by atoms with van der Waals surface area (Å²) in [5.41, 5.74) is 8.26. The first-order valence-corrected chi connectivity index (χ1v) is 18.0. The van der Waals surface area contributed by atoms with Crippen molar-refractivity contribution >= 4 is 68.1 Å². The lowest BCUT2D eigenvalue weighted by Gasteiger charge is -2.38. The molecule has 18 heteroatoms. The summed E-state index contributed by atoms with van der Waals surface area (Å²) >= 11 is 0. The Morgan fingerprint density at radius 1 is 1.02 bits per heavy atom. The number of rotatable bonds is 10. The van der Waals surface area contributed by atoms with Gasteiger partial charge in [-0.15, -0.1) is 24.8 Å². The summed E-state index contributed by atoms with van der Waals surface area (Å²) in [6.45, 7) is 5.83. The van der Waals surface area contributed by atoms with Gasteiger partial charge in [0, 0.05) is 64.2 Å². The van der Waals surface area contributed by atoms with Crippen molar-refractivity contribution in [2.45, 2.75) is 18.4 Å². The second-order valence-electron chi connectivity index (χ2n) is 11.6. The van der Waals surface area contributed by atoms with Gasteiger partial charge in [-0.3, -0.25) is 14.0 Å². The van der Waals surface area contributed by atoms with Gasteiger partial charge in [0.1, 0.15) is 11.8 Å². The number of carbonyl (C=O) groups is 1. The van der Waals surface area contributed by atoms with Crippen LogP contribution in [0.25, 0.3) is 0 Å². The van der Waals surface area contributed by atoms with Crippen LogP contribution in [-0.2, 0) is 26.6 Å². The molecular weight excluding hydrogens is 701 g/mol. The van der Waals surface area contributed by atoms with Crippen LogP contribution in [0.15, 0.2) is 53.4 Å². The van der Waals surface area contributed by atoms with Crippen molar-refractivity contribution < 1.29 is 21.6 Å². The Labute approximate surface area is 293 Å². The monoisotopic (exact) mass is 739 g/mol. The average molecular weight is 741 g/mol. The van der Waals surface area contributed by atoms with Crippen LogP contribution in [0.1, 0.15) is 27.3 Å². The fourth-order valence-corrected chi connectivity index (χ4v) is 7.41. The summed E-state index contributed by atoms with van der Waals surface area (Å²) in [5.74, 6) is 0.313. The molecule has 0 saturated carbocycles. The van der Waals surface area contributed by atoms with E-state index in [0.29, 0.717) is 49.4 Å². The molecule has 14 nitrogen and oxygen atoms in total. The standard InChI is InChI=1S/C30H37N9O5S2.2ClH/c1-21-14-25(17-32)35-30(33-21)38-10-12-39(13-11-38)46(43,44)26-7-5-24(6-8-26)34-29(40)27-15-22(18-37-19-23(16-31)20-37)4-9-28(27)36(2)45(3,41)42;;/h4-9,14-15,23H,10-13,16,18-20,31H2,1-3H3,(H,34,40);2*1H. The van der Waals surface area contributed by atoms with Crippen LogP contribution < -0.4 is 20.3 Å². The number of amides is 1. The summed E-state index contributed by atoms with van der Waals surface area (Å²) in [6, 6.07) is 14.6. The highest BCUT2D eigenvalue weighted by atomic mass is 35.5. The number of nitrogens with zero attached hydrogens (tertiary/aromatic N) is 7. The molecule has 1 aromatic heterocycles. The van der Waals surface area contributed by atoms with E-state index in [1.54, 1.807) is 31.2 Å². The smallest absolute Gasteiger partial charge is 0.257 e. The van der Waals surface area contributed by atoms with Gasteiger partial charge in [0.15, 0.2) is 0 Å². The fraction of sp³-hybridized carbons (Fsp3) is 0.400. The Morgan fingerprint density at radius 3 is 2.25 bits per heavy atom. The predicted octanol–water partition coefficient (Wildman–Crippen LogP) is 2.05. The van der Waals surface area contributed by atoms with Gasteiger partial charge < -0.3 is 16.0 Å². The van der Waals surface area contributed by atoms with Crippen LogP contribution in [0, 0.1) is 24.2 Å². The molecule has 0 atom stereocenters. The molecule has 2 fully saturated rings. The van der Waals surface area contributed by atoms with Crippen molar-refractivity contribution in [1.29, 1.82) is 5.26 Å². The van der Waals surface area contributed by atoms with E-state index in [1.807, 2.05) is 11.0 Å². The minimum atomic E-state index is -3.83. The van der Waals surface area contributed by atoms with E-state index in [0.717, 1.165) is 29.2 Å². The SMILES string of the molecule is Cc1cc(C#N)nc(N2CCN(S(=O)(=O)c3ccc(NC(=O)c4cc(CN5CC(CN)C5)ccc4N(C)S(C)(=O)=O)cc3)CC2)n1.Cl.Cl. The highest BCUT2D eigenvalue weighted by molar-refractivity contribution is 7.92. The Balaban J connectivity index is 0.00000312. The highest BCUT2D eigenvalue weighted by Crippen LogP contribution is 2.27. The van der Waals surface area contributed by atoms with E-state index in [1.165, 1.54) is 35.6 Å². The third-order valence-corrected chi connectivity index (χ3v) is 11.2. The zero-order valence-electron chi connectivity index (χ0n) is 26.7. The van der Waals surface area contributed by atoms with Gasteiger partial charge in [-0.2, -0.15) is 9.57 Å². The van der Waals surface area contributed by atoms with E-state index in [4.69, 9.17) is 5.73 Å². The summed E-state index contributed by atoms with van der Waals surface area (Å²) in [6.07, 6.45) is 1.07. The van der Waals surface area contributed by atoms with Gasteiger partial charge in [-0.25, -0.2) is 26.8 Å². The molecule has 3 N–H and O–H groups in total. The fourth-order valence-electron chi connectivity index (χ4n) is 5.47. The Bertz CT molecular complexity index is 1880. The van der Waals surface area contributed by atoms with Crippen molar-refractivity contribution in [2.24, 2.45) is 11.7 Å². The van der Waals surface area contributed by atoms with Crippen molar-refractivity contribution in [3.63, 3.8) is 0 Å². The zero-order chi connectivity index (χ0) is 33.2. The van der Waals surface area contributed by atoms with Gasteiger partial charge in [0.05, 0.1) is 22.4 Å². The number of aromatic nitrogens is 2. The lowest BCUT2D eigenvalue weighted by atomic mass is 9.99. The normalized spacial score (nSPS) is 15.8. The molecule has 0 aliphatic carbocycles. The minimum absolute atomic E-state index is 0. The van der Waals surface area contributed by atoms with Gasteiger partial charge in [0.25, 0.3) is 5.91 Å². The van der Waals surface area contributed by atoms with Crippen LogP contribution in [0.3, 0.4) is 0 Å². The third-order valence-electron chi connectivity index (χ3n) is 8.14. The average Bonchev–Trinajstić information content (AvgIpc) is 3.01. The summed E-state index contributed by atoms with van der Waals surface area (Å²) in [4.78, 5) is 26.3. The van der Waals surface area contributed by atoms with E-state index >= 15 is 0 Å². The number of sulfonamides is 2. The second-order valence-corrected chi connectivity index (χ2v) is 15.5. The molecule has 3 aromatic rings. The number of aryl methyl sites for hydroxylation is 1. The molecule has 0 spiro atoms. The summed E-state index contributed by atoms with van der Waals surface area (Å²) in [5, 5.41) is 12.0. The quantitative estimate of drug-likeness (QED) is 0.310. The molecular formula is C30H39Cl2N9O5S2. The Kier molecular flexibility index (Phi) is 12.8. The molecule has 2 saturated heterocycles. The number of likely N-dealkylation sites (tertiary alicyclic amines) is 1. The van der Waals surface area contributed by atoms with Crippen molar-refractivity contribution in [2.75, 3.05) is 73.6 Å². The first kappa shape index (κ1) is 38.9. The van der Waals surface area contributed by atoms with E-state index < -0.39 is 26.0 Å². The van der Waals surface area contributed by atoms with E-state index in [-0.39, 0.29) is 59.7 Å². The van der Waals surface area contributed by atoms with E-state index in [9.17, 15) is 26.9 Å². The number of carbonyl (C=O) groups excluding carboxylic acids is 1. The van der Waals surface area contributed by atoms with E-state index in [2.05, 4.69) is 20.2 Å². The Hall–Kier alpha value is -3.56. The molecule has 2 aliphatic heterocycles. The second kappa shape index (κ2) is 15.8. The van der Waals surface area contributed by atoms with Gasteiger partial charge >= 0.3 is 0 Å².